The molecule has 0 saturated heterocycles. The zero-order valence-corrected chi connectivity index (χ0v) is 12.4. The number of nitro benzene ring substituents is 1. The number of benzene rings is 2. The van der Waals surface area contributed by atoms with Gasteiger partial charge in [0.2, 0.25) is 0 Å². The minimum absolute atomic E-state index is 0.0374. The van der Waals surface area contributed by atoms with E-state index in [4.69, 9.17) is 16.3 Å². The number of nitro groups is 1. The molecule has 4 nitrogen and oxygen atoms in total. The number of nitrogens with zero attached hydrogens (tertiary/aromatic N) is 1. The fourth-order valence-electron chi connectivity index (χ4n) is 2.02. The van der Waals surface area contributed by atoms with E-state index in [0.717, 1.165) is 10.9 Å². The van der Waals surface area contributed by atoms with Crippen molar-refractivity contribution in [1.29, 1.82) is 0 Å². The number of hydrogen-bond acceptors (Lipinski definition) is 4. The molecular weight excluding hydrogens is 310 g/mol. The van der Waals surface area contributed by atoms with Crippen LogP contribution >= 0.6 is 22.9 Å². The van der Waals surface area contributed by atoms with Gasteiger partial charge in [-0.05, 0) is 22.9 Å². The highest BCUT2D eigenvalue weighted by Crippen LogP contribution is 2.31. The fourth-order valence-corrected chi connectivity index (χ4v) is 3.14. The summed E-state index contributed by atoms with van der Waals surface area (Å²) in [5.74, 6) is 0.321. The Bertz CT molecular complexity index is 816. The highest BCUT2D eigenvalue weighted by Gasteiger charge is 2.12. The molecule has 0 fully saturated rings. The minimum Gasteiger partial charge on any atom is -0.487 e. The van der Waals surface area contributed by atoms with Crippen LogP contribution < -0.4 is 4.74 Å². The van der Waals surface area contributed by atoms with Crippen LogP contribution in [-0.4, -0.2) is 4.92 Å². The van der Waals surface area contributed by atoms with Crippen molar-refractivity contribution in [1.82, 2.24) is 0 Å². The first-order valence-corrected chi connectivity index (χ1v) is 7.43. The summed E-state index contributed by atoms with van der Waals surface area (Å²) in [6.45, 7) is 0.324. The Morgan fingerprint density at radius 2 is 2.05 bits per heavy atom. The maximum Gasteiger partial charge on any atom is 0.273 e. The van der Waals surface area contributed by atoms with Crippen molar-refractivity contribution in [3.05, 3.63) is 68.5 Å². The van der Waals surface area contributed by atoms with E-state index < -0.39 is 4.92 Å². The van der Waals surface area contributed by atoms with Crippen LogP contribution in [0.4, 0.5) is 5.69 Å². The third kappa shape index (κ3) is 2.84. The van der Waals surface area contributed by atoms with Crippen molar-refractivity contribution in [3.63, 3.8) is 0 Å². The van der Waals surface area contributed by atoms with Gasteiger partial charge in [-0.25, -0.2) is 0 Å². The lowest BCUT2D eigenvalue weighted by atomic mass is 10.2. The van der Waals surface area contributed by atoms with Gasteiger partial charge in [-0.15, -0.1) is 11.3 Å². The van der Waals surface area contributed by atoms with E-state index in [-0.39, 0.29) is 5.69 Å². The number of non-ortho nitro benzene ring substituents is 1. The molecule has 0 N–H and O–H groups in total. The molecule has 3 rings (SSSR count). The molecule has 0 radical (unpaired) electrons. The third-order valence-corrected chi connectivity index (χ3v) is 4.39. The van der Waals surface area contributed by atoms with Gasteiger partial charge in [0.1, 0.15) is 12.4 Å². The molecule has 106 valence electrons. The molecule has 0 aliphatic heterocycles. The Balaban J connectivity index is 1.84. The summed E-state index contributed by atoms with van der Waals surface area (Å²) in [5, 5.41) is 14.3. The predicted octanol–water partition coefficient (Wildman–Crippen LogP) is 5.04. The Morgan fingerprint density at radius 3 is 2.86 bits per heavy atom. The van der Waals surface area contributed by atoms with Crippen molar-refractivity contribution in [2.75, 3.05) is 0 Å². The number of hydrogen-bond donors (Lipinski definition) is 0. The molecule has 0 saturated carbocycles. The van der Waals surface area contributed by atoms with Crippen LogP contribution in [-0.2, 0) is 6.61 Å². The monoisotopic (exact) mass is 319 g/mol. The molecule has 0 bridgehead atoms. The zero-order chi connectivity index (χ0) is 14.8. The van der Waals surface area contributed by atoms with Crippen LogP contribution in [0.3, 0.4) is 0 Å². The van der Waals surface area contributed by atoms with E-state index in [2.05, 4.69) is 0 Å². The van der Waals surface area contributed by atoms with Gasteiger partial charge in [-0.2, -0.15) is 0 Å². The van der Waals surface area contributed by atoms with Gasteiger partial charge in [0.15, 0.2) is 0 Å². The van der Waals surface area contributed by atoms with Gasteiger partial charge >= 0.3 is 0 Å². The summed E-state index contributed by atoms with van der Waals surface area (Å²) in [5.41, 5.74) is 1.00. The van der Waals surface area contributed by atoms with Crippen molar-refractivity contribution in [2.45, 2.75) is 6.61 Å². The standard InChI is InChI=1S/C15H10ClNO3S/c16-13-6-5-11(17(18)19)7-14(13)20-8-10-9-21-15-4-2-1-3-12(10)15/h1-7,9H,8H2. The maximum atomic E-state index is 10.8. The van der Waals surface area contributed by atoms with Crippen LogP contribution in [0, 0.1) is 10.1 Å². The van der Waals surface area contributed by atoms with Crippen molar-refractivity contribution < 1.29 is 9.66 Å². The maximum absolute atomic E-state index is 10.8. The average molecular weight is 320 g/mol. The van der Waals surface area contributed by atoms with E-state index in [9.17, 15) is 10.1 Å². The molecule has 0 aliphatic rings. The SMILES string of the molecule is O=[N+]([O-])c1ccc(Cl)c(OCc2csc3ccccc23)c1. The third-order valence-electron chi connectivity index (χ3n) is 3.07. The summed E-state index contributed by atoms with van der Waals surface area (Å²) in [6, 6.07) is 12.2. The molecule has 0 unspecified atom stereocenters. The summed E-state index contributed by atoms with van der Waals surface area (Å²) >= 11 is 7.65. The molecule has 21 heavy (non-hydrogen) atoms. The first kappa shape index (κ1) is 13.9. The van der Waals surface area contributed by atoms with Crippen LogP contribution in [0.25, 0.3) is 10.1 Å². The van der Waals surface area contributed by atoms with E-state index in [1.54, 1.807) is 11.3 Å². The number of thiophene rings is 1. The summed E-state index contributed by atoms with van der Waals surface area (Å²) in [4.78, 5) is 10.3. The summed E-state index contributed by atoms with van der Waals surface area (Å²) in [6.07, 6.45) is 0. The van der Waals surface area contributed by atoms with Crippen molar-refractivity contribution in [2.24, 2.45) is 0 Å². The molecule has 1 aromatic heterocycles. The molecule has 0 spiro atoms. The van der Waals surface area contributed by atoms with Crippen LogP contribution in [0.15, 0.2) is 47.8 Å². The minimum atomic E-state index is -0.469. The van der Waals surface area contributed by atoms with Crippen LogP contribution in [0.5, 0.6) is 5.75 Å². The molecule has 0 aliphatic carbocycles. The molecular formula is C15H10ClNO3S. The van der Waals surface area contributed by atoms with E-state index in [1.807, 2.05) is 29.6 Å². The number of halogens is 1. The van der Waals surface area contributed by atoms with Gasteiger partial charge in [0.25, 0.3) is 5.69 Å². The van der Waals surface area contributed by atoms with Crippen molar-refractivity contribution >= 4 is 38.7 Å². The van der Waals surface area contributed by atoms with Gasteiger partial charge < -0.3 is 4.74 Å². The first-order valence-electron chi connectivity index (χ1n) is 6.17. The summed E-state index contributed by atoms with van der Waals surface area (Å²) in [7, 11) is 0. The van der Waals surface area contributed by atoms with E-state index in [1.165, 1.54) is 22.9 Å². The average Bonchev–Trinajstić information content (AvgIpc) is 2.89. The van der Waals surface area contributed by atoms with Gasteiger partial charge in [0.05, 0.1) is 16.0 Å². The van der Waals surface area contributed by atoms with Crippen LogP contribution in [0.1, 0.15) is 5.56 Å². The van der Waals surface area contributed by atoms with Gasteiger partial charge in [-0.3, -0.25) is 10.1 Å². The van der Waals surface area contributed by atoms with Crippen LogP contribution in [0.2, 0.25) is 5.02 Å². The summed E-state index contributed by atoms with van der Waals surface area (Å²) < 4.78 is 6.83. The lowest BCUT2D eigenvalue weighted by Gasteiger charge is -2.07. The zero-order valence-electron chi connectivity index (χ0n) is 10.8. The number of fused-ring (bicyclic) bond motifs is 1. The fraction of sp³-hybridized carbons (Fsp3) is 0.0667. The molecule has 6 heteroatoms. The molecule has 1 heterocycles. The highest BCUT2D eigenvalue weighted by molar-refractivity contribution is 7.17. The number of rotatable bonds is 4. The normalized spacial score (nSPS) is 10.7. The van der Waals surface area contributed by atoms with E-state index >= 15 is 0 Å². The molecule has 0 amide bonds. The predicted molar refractivity (Wildman–Crippen MR) is 84.3 cm³/mol. The second-order valence-electron chi connectivity index (χ2n) is 4.42. The van der Waals surface area contributed by atoms with Gasteiger partial charge in [-0.1, -0.05) is 29.8 Å². The van der Waals surface area contributed by atoms with Crippen molar-refractivity contribution in [3.8, 4) is 5.75 Å². The lowest BCUT2D eigenvalue weighted by molar-refractivity contribution is -0.384. The Kier molecular flexibility index (Phi) is 3.77. The Labute approximate surface area is 129 Å². The Hall–Kier alpha value is -2.11. The molecule has 3 aromatic rings. The topological polar surface area (TPSA) is 52.4 Å². The van der Waals surface area contributed by atoms with Gasteiger partial charge in [0, 0.05) is 16.3 Å². The number of ether oxygens (including phenoxy) is 1. The smallest absolute Gasteiger partial charge is 0.273 e. The lowest BCUT2D eigenvalue weighted by Crippen LogP contribution is -1.96. The molecule has 2 aromatic carbocycles. The second kappa shape index (κ2) is 5.71. The second-order valence-corrected chi connectivity index (χ2v) is 5.74. The highest BCUT2D eigenvalue weighted by atomic mass is 35.5. The van der Waals surface area contributed by atoms with E-state index in [0.29, 0.717) is 17.4 Å². The largest absolute Gasteiger partial charge is 0.487 e. The Morgan fingerprint density at radius 1 is 1.24 bits per heavy atom. The molecule has 0 atom stereocenters. The first-order chi connectivity index (χ1) is 10.1. The quantitative estimate of drug-likeness (QED) is 0.500.